The molecule has 21 heavy (non-hydrogen) atoms. The normalized spacial score (nSPS) is 29.6. The van der Waals surface area contributed by atoms with Gasteiger partial charge in [0.15, 0.2) is 0 Å². The van der Waals surface area contributed by atoms with Crippen molar-refractivity contribution in [2.45, 2.75) is 26.2 Å². The van der Waals surface area contributed by atoms with Gasteiger partial charge in [0.25, 0.3) is 0 Å². The number of hydrogen-bond donors (Lipinski definition) is 0. The van der Waals surface area contributed by atoms with Crippen LogP contribution in [0.2, 0.25) is 0 Å². The van der Waals surface area contributed by atoms with Crippen molar-refractivity contribution in [3.05, 3.63) is 90.7 Å². The lowest BCUT2D eigenvalue weighted by molar-refractivity contribution is 0.495. The Bertz CT molecular complexity index is 549. The molecular weight excluding hydrogens is 252 g/mol. The maximum atomic E-state index is 2.34. The van der Waals surface area contributed by atoms with Gasteiger partial charge in [0.2, 0.25) is 0 Å². The van der Waals surface area contributed by atoms with Crippen molar-refractivity contribution in [1.29, 1.82) is 0 Å². The molecule has 0 aliphatic heterocycles. The van der Waals surface area contributed by atoms with Gasteiger partial charge in [0.1, 0.15) is 0 Å². The Morgan fingerprint density at radius 1 is 1.10 bits per heavy atom. The molecule has 0 aromatic carbocycles. The molecule has 0 nitrogen and oxygen atoms in total. The average Bonchev–Trinajstić information content (AvgIpc) is 2.58. The predicted octanol–water partition coefficient (Wildman–Crippen LogP) is 5.51. The Hall–Kier alpha value is -1.56. The third kappa shape index (κ3) is 3.20. The minimum atomic E-state index is 0.518. The van der Waals surface area contributed by atoms with Crippen LogP contribution in [0.15, 0.2) is 71.4 Å². The van der Waals surface area contributed by atoms with Crippen LogP contribution >= 0.6 is 0 Å². The lowest BCUT2D eigenvalue weighted by Crippen LogP contribution is -2.18. The van der Waals surface area contributed by atoms with Gasteiger partial charge in [0, 0.05) is 6.42 Å². The zero-order valence-corrected chi connectivity index (χ0v) is 12.7. The van der Waals surface area contributed by atoms with Crippen molar-refractivity contribution in [1.82, 2.24) is 0 Å². The first-order valence-electron chi connectivity index (χ1n) is 8.00. The summed E-state index contributed by atoms with van der Waals surface area (Å²) in [5.74, 6) is 1.09. The molecule has 0 aromatic heterocycles. The van der Waals surface area contributed by atoms with Gasteiger partial charge in [-0.2, -0.15) is 0 Å². The van der Waals surface area contributed by atoms with Crippen molar-refractivity contribution in [2.24, 2.45) is 11.8 Å². The predicted molar refractivity (Wildman–Crippen MR) is 91.1 cm³/mol. The number of rotatable bonds is 3. The van der Waals surface area contributed by atoms with Crippen LogP contribution in [0, 0.1) is 31.1 Å². The molecule has 0 amide bonds. The van der Waals surface area contributed by atoms with E-state index in [1.807, 2.05) is 0 Å². The minimum absolute atomic E-state index is 0.518. The second-order valence-electron chi connectivity index (χ2n) is 5.82. The first-order chi connectivity index (χ1) is 10.4. The summed E-state index contributed by atoms with van der Waals surface area (Å²) in [5.41, 5.74) is 4.54. The topological polar surface area (TPSA) is 0 Å². The van der Waals surface area contributed by atoms with Crippen molar-refractivity contribution in [3.63, 3.8) is 0 Å². The van der Waals surface area contributed by atoms with Crippen molar-refractivity contribution < 1.29 is 0 Å². The summed E-state index contributed by atoms with van der Waals surface area (Å²) >= 11 is 0. The molecule has 0 spiro atoms. The highest BCUT2D eigenvalue weighted by Crippen LogP contribution is 2.38. The van der Waals surface area contributed by atoms with Crippen LogP contribution in [0.25, 0.3) is 0 Å². The summed E-state index contributed by atoms with van der Waals surface area (Å²) in [6, 6.07) is 0. The Morgan fingerprint density at radius 3 is 2.76 bits per heavy atom. The molecule has 2 unspecified atom stereocenters. The summed E-state index contributed by atoms with van der Waals surface area (Å²) in [6.45, 7) is 2.30. The van der Waals surface area contributed by atoms with Crippen molar-refractivity contribution in [2.75, 3.05) is 0 Å². The second-order valence-corrected chi connectivity index (χ2v) is 5.82. The molecule has 0 fully saturated rings. The van der Waals surface area contributed by atoms with Gasteiger partial charge >= 0.3 is 0 Å². The van der Waals surface area contributed by atoms with Crippen LogP contribution in [0.1, 0.15) is 26.2 Å². The molecule has 3 radical (unpaired) electrons. The summed E-state index contributed by atoms with van der Waals surface area (Å²) in [6.07, 6.45) is 30.2. The summed E-state index contributed by atoms with van der Waals surface area (Å²) in [4.78, 5) is 0. The molecule has 3 rings (SSSR count). The first-order valence-corrected chi connectivity index (χ1v) is 8.00. The monoisotopic (exact) mass is 275 g/mol. The average molecular weight is 275 g/mol. The maximum absolute atomic E-state index is 2.34. The van der Waals surface area contributed by atoms with E-state index >= 15 is 0 Å². The standard InChI is InChI=1S/C21H23/c1-2-19(17-11-5-3-6-12-17)21-16-10-9-15-20(21)18-13-7-4-8-14-18/h3-12,15-17,19H,2,13-14H2,1H3. The second kappa shape index (κ2) is 6.93. The SMILES string of the molecule is CCC(C1=C[CH]C=C/C1=C1\C[CH]C=CC1)C1[CH]C=CC=C1. The van der Waals surface area contributed by atoms with Gasteiger partial charge in [-0.05, 0) is 55.1 Å². The van der Waals surface area contributed by atoms with E-state index in [1.54, 1.807) is 5.57 Å². The molecule has 0 saturated heterocycles. The Balaban J connectivity index is 1.90. The highest BCUT2D eigenvalue weighted by molar-refractivity contribution is 5.52. The van der Waals surface area contributed by atoms with Crippen LogP contribution in [0.3, 0.4) is 0 Å². The molecule has 0 heterocycles. The van der Waals surface area contributed by atoms with E-state index in [4.69, 9.17) is 0 Å². The molecule has 0 aromatic rings. The van der Waals surface area contributed by atoms with E-state index in [-0.39, 0.29) is 0 Å². The largest absolute Gasteiger partial charge is 0.0842 e. The quantitative estimate of drug-likeness (QED) is 0.637. The van der Waals surface area contributed by atoms with Gasteiger partial charge in [-0.15, -0.1) is 0 Å². The van der Waals surface area contributed by atoms with Crippen LogP contribution < -0.4 is 0 Å². The fourth-order valence-corrected chi connectivity index (χ4v) is 3.44. The molecule has 2 atom stereocenters. The van der Waals surface area contributed by atoms with Crippen LogP contribution in [-0.2, 0) is 0 Å². The zero-order chi connectivity index (χ0) is 14.5. The zero-order valence-electron chi connectivity index (χ0n) is 12.7. The maximum Gasteiger partial charge on any atom is 0.00539 e. The van der Waals surface area contributed by atoms with Crippen LogP contribution in [0.5, 0.6) is 0 Å². The van der Waals surface area contributed by atoms with Gasteiger partial charge in [-0.3, -0.25) is 0 Å². The van der Waals surface area contributed by atoms with Gasteiger partial charge in [-0.1, -0.05) is 67.2 Å². The van der Waals surface area contributed by atoms with E-state index in [0.29, 0.717) is 11.8 Å². The van der Waals surface area contributed by atoms with Crippen LogP contribution in [-0.4, -0.2) is 0 Å². The molecule has 107 valence electrons. The highest BCUT2D eigenvalue weighted by atomic mass is 14.3. The third-order valence-corrected chi connectivity index (χ3v) is 4.54. The molecule has 0 heteroatoms. The lowest BCUT2D eigenvalue weighted by Gasteiger charge is -2.30. The van der Waals surface area contributed by atoms with E-state index < -0.39 is 0 Å². The Labute approximate surface area is 129 Å². The van der Waals surface area contributed by atoms with Gasteiger partial charge in [-0.25, -0.2) is 0 Å². The fourth-order valence-electron chi connectivity index (χ4n) is 3.44. The number of hydrogen-bond acceptors (Lipinski definition) is 0. The third-order valence-electron chi connectivity index (χ3n) is 4.54. The van der Waals surface area contributed by atoms with E-state index in [1.165, 1.54) is 17.6 Å². The van der Waals surface area contributed by atoms with E-state index in [9.17, 15) is 0 Å². The number of allylic oxidation sites excluding steroid dienone is 12. The summed E-state index contributed by atoms with van der Waals surface area (Å²) in [5, 5.41) is 0. The van der Waals surface area contributed by atoms with Crippen LogP contribution in [0.4, 0.5) is 0 Å². The highest BCUT2D eigenvalue weighted by Gasteiger charge is 2.25. The van der Waals surface area contributed by atoms with E-state index in [0.717, 1.165) is 12.8 Å². The minimum Gasteiger partial charge on any atom is -0.0842 e. The molecular formula is C21H23. The fraction of sp³-hybridized carbons (Fsp3) is 0.286. The first kappa shape index (κ1) is 14.4. The van der Waals surface area contributed by atoms with Gasteiger partial charge in [0.05, 0.1) is 0 Å². The van der Waals surface area contributed by atoms with Crippen molar-refractivity contribution in [3.8, 4) is 0 Å². The molecule has 0 N–H and O–H groups in total. The molecule has 3 aliphatic carbocycles. The smallest absolute Gasteiger partial charge is 0.00539 e. The summed E-state index contributed by atoms with van der Waals surface area (Å²) < 4.78 is 0. The van der Waals surface area contributed by atoms with Gasteiger partial charge < -0.3 is 0 Å². The molecule has 0 saturated carbocycles. The Kier molecular flexibility index (Phi) is 4.75. The van der Waals surface area contributed by atoms with Crippen molar-refractivity contribution >= 4 is 0 Å². The molecule has 3 aliphatic rings. The lowest BCUT2D eigenvalue weighted by atomic mass is 9.74. The Morgan fingerprint density at radius 2 is 2.05 bits per heavy atom. The molecule has 0 bridgehead atoms. The van der Waals surface area contributed by atoms with E-state index in [2.05, 4.69) is 80.9 Å². The summed E-state index contributed by atoms with van der Waals surface area (Å²) in [7, 11) is 0.